The molecule has 17 heavy (non-hydrogen) atoms. The van der Waals surface area contributed by atoms with Crippen LogP contribution in [0, 0.1) is 5.41 Å². The molecule has 0 bridgehead atoms. The summed E-state index contributed by atoms with van der Waals surface area (Å²) in [5.74, 6) is 0. The molecular formula is C14H26N2O. The van der Waals surface area contributed by atoms with Crippen LogP contribution in [0.15, 0.2) is 0 Å². The summed E-state index contributed by atoms with van der Waals surface area (Å²) in [6.45, 7) is 6.60. The lowest BCUT2D eigenvalue weighted by atomic mass is 9.75. The van der Waals surface area contributed by atoms with Crippen molar-refractivity contribution in [2.24, 2.45) is 5.41 Å². The summed E-state index contributed by atoms with van der Waals surface area (Å²) in [6, 6.07) is 0.725. The van der Waals surface area contributed by atoms with Crippen LogP contribution in [-0.2, 0) is 0 Å². The Morgan fingerprint density at radius 3 is 2.24 bits per heavy atom. The van der Waals surface area contributed by atoms with E-state index in [4.69, 9.17) is 0 Å². The normalized spacial score (nSPS) is 25.0. The fraction of sp³-hybridized carbons (Fsp3) is 0.929. The van der Waals surface area contributed by atoms with Gasteiger partial charge in [0.2, 0.25) is 0 Å². The van der Waals surface area contributed by atoms with Crippen molar-refractivity contribution in [1.82, 2.24) is 9.80 Å². The van der Waals surface area contributed by atoms with E-state index in [9.17, 15) is 4.79 Å². The summed E-state index contributed by atoms with van der Waals surface area (Å²) < 4.78 is 0. The number of carbonyl (C=O) groups excluding carboxylic acids is 1. The third kappa shape index (κ3) is 2.93. The van der Waals surface area contributed by atoms with Crippen molar-refractivity contribution in [1.29, 1.82) is 0 Å². The van der Waals surface area contributed by atoms with Crippen LogP contribution < -0.4 is 0 Å². The van der Waals surface area contributed by atoms with Crippen molar-refractivity contribution in [2.75, 3.05) is 20.1 Å². The first-order valence-corrected chi connectivity index (χ1v) is 7.01. The molecule has 0 spiro atoms. The van der Waals surface area contributed by atoms with Crippen molar-refractivity contribution < 1.29 is 4.79 Å². The Labute approximate surface area is 105 Å². The van der Waals surface area contributed by atoms with Crippen LogP contribution in [-0.4, -0.2) is 42.0 Å². The van der Waals surface area contributed by atoms with E-state index in [1.54, 1.807) is 0 Å². The summed E-state index contributed by atoms with van der Waals surface area (Å²) in [7, 11) is 1.99. The highest BCUT2D eigenvalue weighted by atomic mass is 16.2. The number of carbonyl (C=O) groups is 1. The van der Waals surface area contributed by atoms with Crippen LogP contribution >= 0.6 is 0 Å². The largest absolute Gasteiger partial charge is 0.325 e. The van der Waals surface area contributed by atoms with E-state index in [0.717, 1.165) is 13.1 Å². The summed E-state index contributed by atoms with van der Waals surface area (Å²) in [5, 5.41) is 0. The standard InChI is InChI=1S/C14H26N2O/c1-14(2)8-6-12(7-9-14)15(3)13(17)16-10-4-5-11-16/h12H,4-11H2,1-3H3. The van der Waals surface area contributed by atoms with Crippen molar-refractivity contribution in [3.05, 3.63) is 0 Å². The second-order valence-corrected chi connectivity index (χ2v) is 6.48. The molecule has 0 aromatic rings. The SMILES string of the molecule is CN(C(=O)N1CCCC1)C1CCC(C)(C)CC1. The van der Waals surface area contributed by atoms with Gasteiger partial charge in [-0.1, -0.05) is 13.8 Å². The monoisotopic (exact) mass is 238 g/mol. The maximum absolute atomic E-state index is 12.3. The Balaban J connectivity index is 1.87. The summed E-state index contributed by atoms with van der Waals surface area (Å²) >= 11 is 0. The topological polar surface area (TPSA) is 23.6 Å². The Hall–Kier alpha value is -0.730. The van der Waals surface area contributed by atoms with Crippen LogP contribution in [0.2, 0.25) is 0 Å². The molecule has 1 aliphatic heterocycles. The Kier molecular flexibility index (Phi) is 3.64. The van der Waals surface area contributed by atoms with Gasteiger partial charge >= 0.3 is 6.03 Å². The fourth-order valence-corrected chi connectivity index (χ4v) is 3.06. The second kappa shape index (κ2) is 4.87. The third-order valence-electron chi connectivity index (χ3n) is 4.53. The van der Waals surface area contributed by atoms with E-state index in [-0.39, 0.29) is 6.03 Å². The molecule has 3 nitrogen and oxygen atoms in total. The minimum absolute atomic E-state index is 0.257. The Bertz CT molecular complexity index is 272. The highest BCUT2D eigenvalue weighted by Crippen LogP contribution is 2.36. The van der Waals surface area contributed by atoms with Gasteiger partial charge in [0.1, 0.15) is 0 Å². The highest BCUT2D eigenvalue weighted by molar-refractivity contribution is 5.74. The van der Waals surface area contributed by atoms with Gasteiger partial charge in [-0.3, -0.25) is 0 Å². The van der Waals surface area contributed by atoms with Gasteiger partial charge < -0.3 is 9.80 Å². The number of hydrogen-bond donors (Lipinski definition) is 0. The molecule has 0 aromatic heterocycles. The van der Waals surface area contributed by atoms with Gasteiger partial charge in [0.15, 0.2) is 0 Å². The van der Waals surface area contributed by atoms with E-state index >= 15 is 0 Å². The molecule has 0 aromatic carbocycles. The van der Waals surface area contributed by atoms with Gasteiger partial charge in [0.25, 0.3) is 0 Å². The van der Waals surface area contributed by atoms with E-state index in [1.165, 1.54) is 38.5 Å². The number of rotatable bonds is 1. The lowest BCUT2D eigenvalue weighted by Crippen LogP contribution is -2.46. The van der Waals surface area contributed by atoms with Crippen LogP contribution in [0.4, 0.5) is 4.79 Å². The molecule has 1 heterocycles. The number of amides is 2. The lowest BCUT2D eigenvalue weighted by Gasteiger charge is -2.39. The predicted molar refractivity (Wildman–Crippen MR) is 70.0 cm³/mol. The first kappa shape index (κ1) is 12.7. The smallest absolute Gasteiger partial charge is 0.319 e. The molecule has 3 heteroatoms. The molecule has 2 fully saturated rings. The maximum Gasteiger partial charge on any atom is 0.319 e. The molecule has 0 unspecified atom stereocenters. The van der Waals surface area contributed by atoms with Gasteiger partial charge in [-0.2, -0.15) is 0 Å². The zero-order valence-corrected chi connectivity index (χ0v) is 11.5. The quantitative estimate of drug-likeness (QED) is 0.688. The molecule has 0 N–H and O–H groups in total. The van der Waals surface area contributed by atoms with E-state index in [2.05, 4.69) is 13.8 Å². The maximum atomic E-state index is 12.3. The van der Waals surface area contributed by atoms with Gasteiger partial charge in [-0.25, -0.2) is 4.79 Å². The minimum Gasteiger partial charge on any atom is -0.325 e. The molecule has 2 aliphatic rings. The summed E-state index contributed by atoms with van der Waals surface area (Å²) in [4.78, 5) is 16.3. The molecule has 2 amide bonds. The Morgan fingerprint density at radius 2 is 1.71 bits per heavy atom. The summed E-state index contributed by atoms with van der Waals surface area (Å²) in [5.41, 5.74) is 0.480. The molecule has 1 saturated carbocycles. The molecule has 0 radical (unpaired) electrons. The second-order valence-electron chi connectivity index (χ2n) is 6.48. The van der Waals surface area contributed by atoms with Crippen molar-refractivity contribution in [2.45, 2.75) is 58.4 Å². The molecular weight excluding hydrogens is 212 g/mol. The molecule has 2 rings (SSSR count). The predicted octanol–water partition coefficient (Wildman–Crippen LogP) is 3.10. The average molecular weight is 238 g/mol. The lowest BCUT2D eigenvalue weighted by molar-refractivity contribution is 0.116. The molecule has 0 atom stereocenters. The molecule has 1 saturated heterocycles. The van der Waals surface area contributed by atoms with Gasteiger partial charge in [-0.05, 0) is 43.9 Å². The number of urea groups is 1. The average Bonchev–Trinajstić information content (AvgIpc) is 2.80. The van der Waals surface area contributed by atoms with Crippen molar-refractivity contribution in [3.63, 3.8) is 0 Å². The van der Waals surface area contributed by atoms with Crippen LogP contribution in [0.25, 0.3) is 0 Å². The van der Waals surface area contributed by atoms with E-state index in [1.807, 2.05) is 16.8 Å². The zero-order chi connectivity index (χ0) is 12.5. The summed E-state index contributed by atoms with van der Waals surface area (Å²) in [6.07, 6.45) is 7.19. The number of hydrogen-bond acceptors (Lipinski definition) is 1. The van der Waals surface area contributed by atoms with Crippen LogP contribution in [0.5, 0.6) is 0 Å². The van der Waals surface area contributed by atoms with Gasteiger partial charge in [0, 0.05) is 26.2 Å². The first-order valence-electron chi connectivity index (χ1n) is 7.01. The third-order valence-corrected chi connectivity index (χ3v) is 4.53. The van der Waals surface area contributed by atoms with Crippen LogP contribution in [0.1, 0.15) is 52.4 Å². The minimum atomic E-state index is 0.257. The number of nitrogens with zero attached hydrogens (tertiary/aromatic N) is 2. The van der Waals surface area contributed by atoms with Crippen LogP contribution in [0.3, 0.4) is 0 Å². The van der Waals surface area contributed by atoms with Gasteiger partial charge in [0.05, 0.1) is 0 Å². The zero-order valence-electron chi connectivity index (χ0n) is 11.5. The first-order chi connectivity index (χ1) is 7.99. The van der Waals surface area contributed by atoms with Crippen molar-refractivity contribution >= 4 is 6.03 Å². The number of likely N-dealkylation sites (tertiary alicyclic amines) is 1. The Morgan fingerprint density at radius 1 is 1.18 bits per heavy atom. The van der Waals surface area contributed by atoms with Crippen molar-refractivity contribution in [3.8, 4) is 0 Å². The molecule has 98 valence electrons. The molecule has 1 aliphatic carbocycles. The van der Waals surface area contributed by atoms with E-state index < -0.39 is 0 Å². The highest BCUT2D eigenvalue weighted by Gasteiger charge is 2.32. The fourth-order valence-electron chi connectivity index (χ4n) is 3.06. The van der Waals surface area contributed by atoms with E-state index in [0.29, 0.717) is 11.5 Å². The van der Waals surface area contributed by atoms with Gasteiger partial charge in [-0.15, -0.1) is 0 Å².